The van der Waals surface area contributed by atoms with Crippen LogP contribution in [0.25, 0.3) is 0 Å². The number of carbonyl (C=O) groups is 1. The number of hydrogen-bond donors (Lipinski definition) is 1. The molecule has 1 aliphatic rings. The van der Waals surface area contributed by atoms with Crippen molar-refractivity contribution < 1.29 is 4.79 Å². The van der Waals surface area contributed by atoms with Gasteiger partial charge in [0.05, 0.1) is 0 Å². The van der Waals surface area contributed by atoms with Crippen LogP contribution < -0.4 is 5.73 Å². The highest BCUT2D eigenvalue weighted by atomic mass is 16.1. The molecular formula is C17H25NO. The van der Waals surface area contributed by atoms with E-state index in [1.54, 1.807) is 0 Å². The number of carbonyl (C=O) groups excluding carboxylic acids is 1. The van der Waals surface area contributed by atoms with E-state index in [4.69, 9.17) is 5.73 Å². The molecule has 0 heterocycles. The van der Waals surface area contributed by atoms with Crippen molar-refractivity contribution in [3.63, 3.8) is 0 Å². The standard InChI is InChI=1S/C17H25NO/c1-12(2)10-14(11-18)17(19)16-9-4-3-8-15(16)13-6-5-7-13/h3-4,8-9,12-14H,5-7,10-11,18H2,1-2H3. The zero-order chi connectivity index (χ0) is 13.8. The average molecular weight is 259 g/mol. The van der Waals surface area contributed by atoms with Crippen LogP contribution in [-0.4, -0.2) is 12.3 Å². The van der Waals surface area contributed by atoms with Crippen LogP contribution >= 0.6 is 0 Å². The van der Waals surface area contributed by atoms with E-state index in [1.807, 2.05) is 18.2 Å². The maximum absolute atomic E-state index is 12.7. The Kier molecular flexibility index (Phi) is 4.76. The Morgan fingerprint density at radius 1 is 1.32 bits per heavy atom. The maximum atomic E-state index is 12.7. The predicted octanol–water partition coefficient (Wildman–Crippen LogP) is 3.76. The molecule has 2 nitrogen and oxygen atoms in total. The smallest absolute Gasteiger partial charge is 0.167 e. The quantitative estimate of drug-likeness (QED) is 0.790. The minimum Gasteiger partial charge on any atom is -0.330 e. The molecule has 1 atom stereocenters. The maximum Gasteiger partial charge on any atom is 0.167 e. The molecule has 0 saturated heterocycles. The lowest BCUT2D eigenvalue weighted by molar-refractivity contribution is 0.0906. The summed E-state index contributed by atoms with van der Waals surface area (Å²) >= 11 is 0. The van der Waals surface area contributed by atoms with Gasteiger partial charge in [0, 0.05) is 18.0 Å². The summed E-state index contributed by atoms with van der Waals surface area (Å²) in [7, 11) is 0. The SMILES string of the molecule is CC(C)CC(CN)C(=O)c1ccccc1C1CCC1. The highest BCUT2D eigenvalue weighted by Gasteiger charge is 2.27. The molecule has 0 bridgehead atoms. The number of hydrogen-bond acceptors (Lipinski definition) is 2. The topological polar surface area (TPSA) is 43.1 Å². The molecule has 0 radical (unpaired) electrons. The van der Waals surface area contributed by atoms with Gasteiger partial charge >= 0.3 is 0 Å². The van der Waals surface area contributed by atoms with Crippen LogP contribution in [0.2, 0.25) is 0 Å². The van der Waals surface area contributed by atoms with E-state index in [0.29, 0.717) is 18.4 Å². The van der Waals surface area contributed by atoms with Crippen molar-refractivity contribution >= 4 is 5.78 Å². The molecule has 0 spiro atoms. The fourth-order valence-electron chi connectivity index (χ4n) is 2.90. The summed E-state index contributed by atoms with van der Waals surface area (Å²) < 4.78 is 0. The predicted molar refractivity (Wildman–Crippen MR) is 79.4 cm³/mol. The van der Waals surface area contributed by atoms with Gasteiger partial charge in [-0.15, -0.1) is 0 Å². The van der Waals surface area contributed by atoms with Gasteiger partial charge in [0.1, 0.15) is 0 Å². The van der Waals surface area contributed by atoms with Crippen LogP contribution in [0.15, 0.2) is 24.3 Å². The summed E-state index contributed by atoms with van der Waals surface area (Å²) in [5.41, 5.74) is 7.98. The van der Waals surface area contributed by atoms with Gasteiger partial charge < -0.3 is 5.73 Å². The zero-order valence-electron chi connectivity index (χ0n) is 12.1. The van der Waals surface area contributed by atoms with Gasteiger partial charge in [0.25, 0.3) is 0 Å². The van der Waals surface area contributed by atoms with Crippen LogP contribution in [0, 0.1) is 11.8 Å². The largest absolute Gasteiger partial charge is 0.330 e. The molecule has 0 aliphatic heterocycles. The third-order valence-corrected chi connectivity index (χ3v) is 4.18. The van der Waals surface area contributed by atoms with Crippen molar-refractivity contribution in [1.82, 2.24) is 0 Å². The van der Waals surface area contributed by atoms with Crippen molar-refractivity contribution in [2.75, 3.05) is 6.54 Å². The lowest BCUT2D eigenvalue weighted by Gasteiger charge is -2.28. The monoisotopic (exact) mass is 259 g/mol. The van der Waals surface area contributed by atoms with Crippen LogP contribution in [0.1, 0.15) is 61.4 Å². The minimum atomic E-state index is -0.0266. The van der Waals surface area contributed by atoms with Crippen molar-refractivity contribution in [1.29, 1.82) is 0 Å². The van der Waals surface area contributed by atoms with Gasteiger partial charge in [-0.2, -0.15) is 0 Å². The van der Waals surface area contributed by atoms with Crippen LogP contribution in [-0.2, 0) is 0 Å². The molecule has 2 heteroatoms. The van der Waals surface area contributed by atoms with Crippen LogP contribution in [0.4, 0.5) is 0 Å². The zero-order valence-corrected chi connectivity index (χ0v) is 12.1. The van der Waals surface area contributed by atoms with E-state index in [9.17, 15) is 4.79 Å². The third-order valence-electron chi connectivity index (χ3n) is 4.18. The van der Waals surface area contributed by atoms with E-state index in [1.165, 1.54) is 24.8 Å². The first-order valence-corrected chi connectivity index (χ1v) is 7.46. The summed E-state index contributed by atoms with van der Waals surface area (Å²) in [4.78, 5) is 12.7. The van der Waals surface area contributed by atoms with E-state index in [2.05, 4.69) is 19.9 Å². The van der Waals surface area contributed by atoms with Crippen LogP contribution in [0.5, 0.6) is 0 Å². The van der Waals surface area contributed by atoms with Crippen molar-refractivity contribution in [2.45, 2.75) is 45.4 Å². The fraction of sp³-hybridized carbons (Fsp3) is 0.588. The van der Waals surface area contributed by atoms with Crippen LogP contribution in [0.3, 0.4) is 0 Å². The van der Waals surface area contributed by atoms with Gasteiger partial charge in [0.15, 0.2) is 5.78 Å². The fourth-order valence-corrected chi connectivity index (χ4v) is 2.90. The first-order chi connectivity index (χ1) is 9.13. The highest BCUT2D eigenvalue weighted by molar-refractivity contribution is 5.99. The molecule has 19 heavy (non-hydrogen) atoms. The number of rotatable bonds is 6. The molecule has 1 saturated carbocycles. The van der Waals surface area contributed by atoms with Gasteiger partial charge in [-0.25, -0.2) is 0 Å². The van der Waals surface area contributed by atoms with Crippen molar-refractivity contribution in [3.05, 3.63) is 35.4 Å². The second-order valence-corrected chi connectivity index (χ2v) is 6.14. The Balaban J connectivity index is 2.22. The number of nitrogens with two attached hydrogens (primary N) is 1. The second-order valence-electron chi connectivity index (χ2n) is 6.14. The summed E-state index contributed by atoms with van der Waals surface area (Å²) in [6.45, 7) is 4.75. The van der Waals surface area contributed by atoms with Crippen molar-refractivity contribution in [2.24, 2.45) is 17.6 Å². The van der Waals surface area contributed by atoms with Crippen molar-refractivity contribution in [3.8, 4) is 0 Å². The average Bonchev–Trinajstić information content (AvgIpc) is 2.33. The first kappa shape index (κ1) is 14.3. The molecule has 0 amide bonds. The molecule has 1 unspecified atom stereocenters. The molecule has 104 valence electrons. The molecule has 2 rings (SSSR count). The molecule has 0 aromatic heterocycles. The molecular weight excluding hydrogens is 234 g/mol. The molecule has 1 fully saturated rings. The van der Waals surface area contributed by atoms with Gasteiger partial charge in [-0.3, -0.25) is 4.79 Å². The van der Waals surface area contributed by atoms with Gasteiger partial charge in [-0.05, 0) is 36.7 Å². The number of benzene rings is 1. The lowest BCUT2D eigenvalue weighted by Crippen LogP contribution is -2.27. The Hall–Kier alpha value is -1.15. The van der Waals surface area contributed by atoms with E-state index in [-0.39, 0.29) is 11.7 Å². The molecule has 2 N–H and O–H groups in total. The van der Waals surface area contributed by atoms with E-state index >= 15 is 0 Å². The Morgan fingerprint density at radius 2 is 2.00 bits per heavy atom. The van der Waals surface area contributed by atoms with Gasteiger partial charge in [0.2, 0.25) is 0 Å². The summed E-state index contributed by atoms with van der Waals surface area (Å²) in [6, 6.07) is 8.13. The van der Waals surface area contributed by atoms with E-state index in [0.717, 1.165) is 12.0 Å². The van der Waals surface area contributed by atoms with E-state index < -0.39 is 0 Å². The second kappa shape index (κ2) is 6.33. The summed E-state index contributed by atoms with van der Waals surface area (Å²) in [5.74, 6) is 1.32. The third kappa shape index (κ3) is 3.24. The minimum absolute atomic E-state index is 0.0266. The lowest BCUT2D eigenvalue weighted by atomic mass is 9.76. The van der Waals surface area contributed by atoms with Gasteiger partial charge in [-0.1, -0.05) is 44.5 Å². The molecule has 1 aliphatic carbocycles. The normalized spacial score (nSPS) is 17.3. The number of Topliss-reactive ketones (excluding diaryl/α,β-unsaturated/α-hetero) is 1. The molecule has 1 aromatic rings. The first-order valence-electron chi connectivity index (χ1n) is 7.46. The Bertz CT molecular complexity index is 435. The highest BCUT2D eigenvalue weighted by Crippen LogP contribution is 2.38. The Labute approximate surface area is 116 Å². The summed E-state index contributed by atoms with van der Waals surface area (Å²) in [6.07, 6.45) is 4.62. The molecule has 1 aromatic carbocycles. The Morgan fingerprint density at radius 3 is 2.53 bits per heavy atom. The summed E-state index contributed by atoms with van der Waals surface area (Å²) in [5, 5.41) is 0. The number of ketones is 1.